The molecular weight excluding hydrogens is 212 g/mol. The summed E-state index contributed by atoms with van der Waals surface area (Å²) in [5.41, 5.74) is 4.69. The Morgan fingerprint density at radius 2 is 2.12 bits per heavy atom. The van der Waals surface area contributed by atoms with E-state index >= 15 is 0 Å². The van der Waals surface area contributed by atoms with Crippen molar-refractivity contribution < 1.29 is 4.74 Å². The zero-order valence-electron chi connectivity index (χ0n) is 10.4. The summed E-state index contributed by atoms with van der Waals surface area (Å²) in [6.45, 7) is 4.12. The molecule has 0 aliphatic carbocycles. The second kappa shape index (κ2) is 4.50. The number of aromatic nitrogens is 1. The Balaban J connectivity index is 2.62. The monoisotopic (exact) mass is 228 g/mol. The fourth-order valence-corrected chi connectivity index (χ4v) is 2.24. The van der Waals surface area contributed by atoms with E-state index in [-0.39, 0.29) is 0 Å². The molecule has 0 aliphatic rings. The van der Waals surface area contributed by atoms with Gasteiger partial charge in [0.05, 0.1) is 13.2 Å². The number of nitrogens with zero attached hydrogens (tertiary/aromatic N) is 1. The number of aryl methyl sites for hydroxylation is 3. The van der Waals surface area contributed by atoms with Gasteiger partial charge in [-0.2, -0.15) is 5.26 Å². The van der Waals surface area contributed by atoms with E-state index in [1.165, 1.54) is 16.5 Å². The van der Waals surface area contributed by atoms with Gasteiger partial charge in [0.2, 0.25) is 0 Å². The van der Waals surface area contributed by atoms with E-state index in [4.69, 9.17) is 10.00 Å². The van der Waals surface area contributed by atoms with Gasteiger partial charge in [0.25, 0.3) is 0 Å². The molecule has 1 aromatic heterocycles. The summed E-state index contributed by atoms with van der Waals surface area (Å²) in [7, 11) is 1.68. The highest BCUT2D eigenvalue weighted by atomic mass is 16.5. The molecule has 3 heteroatoms. The number of nitriles is 1. The van der Waals surface area contributed by atoms with Gasteiger partial charge < -0.3 is 9.72 Å². The molecule has 1 aromatic carbocycles. The smallest absolute Gasteiger partial charge is 0.119 e. The molecule has 0 bridgehead atoms. The Hall–Kier alpha value is -1.95. The van der Waals surface area contributed by atoms with Crippen LogP contribution in [0.1, 0.15) is 23.2 Å². The topological polar surface area (TPSA) is 48.8 Å². The molecule has 2 rings (SSSR count). The third-order valence-electron chi connectivity index (χ3n) is 3.12. The quantitative estimate of drug-likeness (QED) is 0.876. The molecular formula is C14H16N2O. The number of benzene rings is 1. The molecule has 0 radical (unpaired) electrons. The van der Waals surface area contributed by atoms with Crippen molar-refractivity contribution in [1.29, 1.82) is 5.26 Å². The van der Waals surface area contributed by atoms with Gasteiger partial charge in [-0.15, -0.1) is 0 Å². The van der Waals surface area contributed by atoms with Crippen LogP contribution in [0.25, 0.3) is 10.9 Å². The van der Waals surface area contributed by atoms with Crippen LogP contribution in [-0.2, 0) is 6.42 Å². The van der Waals surface area contributed by atoms with E-state index in [1.807, 2.05) is 12.1 Å². The van der Waals surface area contributed by atoms with Crippen molar-refractivity contribution in [3.05, 3.63) is 29.0 Å². The number of methoxy groups -OCH3 is 1. The van der Waals surface area contributed by atoms with Crippen LogP contribution in [-0.4, -0.2) is 12.1 Å². The van der Waals surface area contributed by atoms with Crippen LogP contribution >= 0.6 is 0 Å². The minimum atomic E-state index is 0.546. The molecule has 88 valence electrons. The molecule has 0 aliphatic heterocycles. The molecule has 0 spiro atoms. The molecule has 1 heterocycles. The van der Waals surface area contributed by atoms with E-state index in [9.17, 15) is 0 Å². The minimum Gasteiger partial charge on any atom is -0.497 e. The lowest BCUT2D eigenvalue weighted by Crippen LogP contribution is -1.87. The highest BCUT2D eigenvalue weighted by molar-refractivity contribution is 5.88. The van der Waals surface area contributed by atoms with Crippen LogP contribution in [0.15, 0.2) is 12.1 Å². The second-order valence-corrected chi connectivity index (χ2v) is 4.25. The van der Waals surface area contributed by atoms with Crippen LogP contribution in [0.2, 0.25) is 0 Å². The van der Waals surface area contributed by atoms with Gasteiger partial charge in [-0.1, -0.05) is 0 Å². The number of aromatic amines is 1. The highest BCUT2D eigenvalue weighted by Gasteiger charge is 2.11. The van der Waals surface area contributed by atoms with E-state index in [0.717, 1.165) is 23.4 Å². The summed E-state index contributed by atoms with van der Waals surface area (Å²) < 4.78 is 5.29. The lowest BCUT2D eigenvalue weighted by Gasteiger charge is -2.04. The fourth-order valence-electron chi connectivity index (χ4n) is 2.24. The second-order valence-electron chi connectivity index (χ2n) is 4.25. The van der Waals surface area contributed by atoms with Crippen LogP contribution in [0, 0.1) is 25.2 Å². The maximum atomic E-state index is 8.70. The summed E-state index contributed by atoms with van der Waals surface area (Å²) in [4.78, 5) is 3.39. The van der Waals surface area contributed by atoms with Gasteiger partial charge in [0.1, 0.15) is 5.75 Å². The third-order valence-corrected chi connectivity index (χ3v) is 3.12. The summed E-state index contributed by atoms with van der Waals surface area (Å²) in [6.07, 6.45) is 1.33. The number of nitrogens with one attached hydrogen (secondary N) is 1. The number of ether oxygens (including phenoxy) is 1. The van der Waals surface area contributed by atoms with Crippen molar-refractivity contribution in [2.24, 2.45) is 0 Å². The standard InChI is InChI=1S/C14H16N2O/c1-9-7-11(17-3)8-13-12(5-4-6-15)10(2)16-14(9)13/h7-8,16H,4-5H2,1-3H3. The predicted molar refractivity (Wildman–Crippen MR) is 68.3 cm³/mol. The van der Waals surface area contributed by atoms with E-state index < -0.39 is 0 Å². The highest BCUT2D eigenvalue weighted by Crippen LogP contribution is 2.30. The lowest BCUT2D eigenvalue weighted by atomic mass is 10.0. The van der Waals surface area contributed by atoms with E-state index in [0.29, 0.717) is 6.42 Å². The number of rotatable bonds is 3. The third kappa shape index (κ3) is 1.99. The van der Waals surface area contributed by atoms with Crippen LogP contribution < -0.4 is 4.74 Å². The average molecular weight is 228 g/mol. The molecule has 1 N–H and O–H groups in total. The van der Waals surface area contributed by atoms with Crippen molar-refractivity contribution in [3.63, 3.8) is 0 Å². The van der Waals surface area contributed by atoms with Gasteiger partial charge in [0.15, 0.2) is 0 Å². The maximum Gasteiger partial charge on any atom is 0.119 e. The van der Waals surface area contributed by atoms with Crippen molar-refractivity contribution in [2.45, 2.75) is 26.7 Å². The predicted octanol–water partition coefficient (Wildman–Crippen LogP) is 3.25. The Morgan fingerprint density at radius 3 is 2.76 bits per heavy atom. The summed E-state index contributed by atoms with van der Waals surface area (Å²) in [5, 5.41) is 9.87. The zero-order valence-corrected chi connectivity index (χ0v) is 10.4. The van der Waals surface area contributed by atoms with E-state index in [1.54, 1.807) is 7.11 Å². The first kappa shape index (κ1) is 11.5. The first-order chi connectivity index (χ1) is 8.17. The van der Waals surface area contributed by atoms with Crippen LogP contribution in [0.5, 0.6) is 5.75 Å². The molecule has 17 heavy (non-hydrogen) atoms. The largest absolute Gasteiger partial charge is 0.497 e. The first-order valence-corrected chi connectivity index (χ1v) is 5.70. The Morgan fingerprint density at radius 1 is 1.35 bits per heavy atom. The first-order valence-electron chi connectivity index (χ1n) is 5.70. The Bertz CT molecular complexity index is 590. The number of hydrogen-bond donors (Lipinski definition) is 1. The molecule has 0 unspecified atom stereocenters. The number of H-pyrrole nitrogens is 1. The van der Waals surface area contributed by atoms with E-state index in [2.05, 4.69) is 24.9 Å². The van der Waals surface area contributed by atoms with Gasteiger partial charge in [-0.3, -0.25) is 0 Å². The molecule has 0 saturated heterocycles. The zero-order chi connectivity index (χ0) is 12.4. The molecule has 0 atom stereocenters. The maximum absolute atomic E-state index is 8.70. The van der Waals surface area contributed by atoms with Crippen molar-refractivity contribution in [2.75, 3.05) is 7.11 Å². The normalized spacial score (nSPS) is 10.5. The Kier molecular flexibility index (Phi) is 3.06. The number of hydrogen-bond acceptors (Lipinski definition) is 2. The molecule has 2 aromatic rings. The van der Waals surface area contributed by atoms with Gasteiger partial charge in [-0.25, -0.2) is 0 Å². The number of fused-ring (bicyclic) bond motifs is 1. The van der Waals surface area contributed by atoms with Gasteiger partial charge in [0, 0.05) is 23.0 Å². The molecule has 0 fully saturated rings. The Labute approximate surface area is 101 Å². The summed E-state index contributed by atoms with van der Waals surface area (Å²) >= 11 is 0. The van der Waals surface area contributed by atoms with Gasteiger partial charge in [-0.05, 0) is 43.5 Å². The van der Waals surface area contributed by atoms with Crippen molar-refractivity contribution in [1.82, 2.24) is 4.98 Å². The SMILES string of the molecule is COc1cc(C)c2[nH]c(C)c(CCC#N)c2c1. The minimum absolute atomic E-state index is 0.546. The summed E-state index contributed by atoms with van der Waals surface area (Å²) in [5.74, 6) is 0.868. The van der Waals surface area contributed by atoms with Crippen molar-refractivity contribution >= 4 is 10.9 Å². The summed E-state index contributed by atoms with van der Waals surface area (Å²) in [6, 6.07) is 6.26. The van der Waals surface area contributed by atoms with Crippen molar-refractivity contribution in [3.8, 4) is 11.8 Å². The molecule has 0 amide bonds. The molecule has 3 nitrogen and oxygen atoms in total. The van der Waals surface area contributed by atoms with Crippen LogP contribution in [0.3, 0.4) is 0 Å². The molecule has 0 saturated carbocycles. The fraction of sp³-hybridized carbons (Fsp3) is 0.357. The lowest BCUT2D eigenvalue weighted by molar-refractivity contribution is 0.415. The average Bonchev–Trinajstić information content (AvgIpc) is 2.63. The van der Waals surface area contributed by atoms with Gasteiger partial charge >= 0.3 is 0 Å². The van der Waals surface area contributed by atoms with Crippen LogP contribution in [0.4, 0.5) is 0 Å².